The van der Waals surface area contributed by atoms with Gasteiger partial charge in [-0.1, -0.05) is 74.5 Å². The second-order valence-electron chi connectivity index (χ2n) is 9.57. The summed E-state index contributed by atoms with van der Waals surface area (Å²) in [6, 6.07) is 21.3. The van der Waals surface area contributed by atoms with E-state index < -0.39 is 0 Å². The zero-order valence-electron chi connectivity index (χ0n) is 19.5. The first-order valence-electron chi connectivity index (χ1n) is 11.7. The minimum Gasteiger partial charge on any atom is -0.356 e. The Morgan fingerprint density at radius 2 is 1.47 bits per heavy atom. The number of benzene rings is 2. The van der Waals surface area contributed by atoms with E-state index in [2.05, 4.69) is 97.8 Å². The Kier molecular flexibility index (Phi) is 5.46. The maximum Gasteiger partial charge on any atom is 0.165 e. The van der Waals surface area contributed by atoms with Gasteiger partial charge in [0.1, 0.15) is 5.82 Å². The van der Waals surface area contributed by atoms with Crippen molar-refractivity contribution in [1.82, 2.24) is 14.6 Å². The van der Waals surface area contributed by atoms with E-state index in [1.165, 1.54) is 28.9 Å². The van der Waals surface area contributed by atoms with Gasteiger partial charge in [0.2, 0.25) is 0 Å². The van der Waals surface area contributed by atoms with Crippen molar-refractivity contribution < 1.29 is 0 Å². The highest BCUT2D eigenvalue weighted by Crippen LogP contribution is 2.35. The van der Waals surface area contributed by atoms with Gasteiger partial charge in [0, 0.05) is 36.3 Å². The van der Waals surface area contributed by atoms with E-state index in [-0.39, 0.29) is 0 Å². The van der Waals surface area contributed by atoms with Crippen LogP contribution in [0.5, 0.6) is 0 Å². The normalized spacial score (nSPS) is 18.9. The molecule has 0 spiro atoms. The Bertz CT molecular complexity index is 1220. The Morgan fingerprint density at radius 3 is 2.12 bits per heavy atom. The lowest BCUT2D eigenvalue weighted by Crippen LogP contribution is -2.40. The highest BCUT2D eigenvalue weighted by molar-refractivity contribution is 5.81. The number of aryl methyl sites for hydroxylation is 2. The lowest BCUT2D eigenvalue weighted by atomic mass is 9.91. The monoisotopic (exact) mass is 424 g/mol. The zero-order valence-corrected chi connectivity index (χ0v) is 19.5. The molecule has 0 amide bonds. The molecule has 1 aliphatic heterocycles. The summed E-state index contributed by atoms with van der Waals surface area (Å²) in [5.74, 6) is 2.55. The van der Waals surface area contributed by atoms with E-state index in [4.69, 9.17) is 10.1 Å². The van der Waals surface area contributed by atoms with Gasteiger partial charge in [-0.2, -0.15) is 9.61 Å². The van der Waals surface area contributed by atoms with Crippen LogP contribution < -0.4 is 4.90 Å². The van der Waals surface area contributed by atoms with Crippen LogP contribution in [0.2, 0.25) is 0 Å². The summed E-state index contributed by atoms with van der Waals surface area (Å²) >= 11 is 0. The van der Waals surface area contributed by atoms with Crippen molar-refractivity contribution in [1.29, 1.82) is 0 Å². The molecule has 164 valence electrons. The van der Waals surface area contributed by atoms with Crippen molar-refractivity contribution >= 4 is 11.5 Å². The van der Waals surface area contributed by atoms with Crippen molar-refractivity contribution in [3.05, 3.63) is 83.2 Å². The largest absolute Gasteiger partial charge is 0.356 e. The third-order valence-electron chi connectivity index (χ3n) is 6.67. The summed E-state index contributed by atoms with van der Waals surface area (Å²) < 4.78 is 2.13. The molecule has 4 heteroatoms. The zero-order chi connectivity index (χ0) is 22.2. The number of hydrogen-bond donors (Lipinski definition) is 0. The Hall–Kier alpha value is -3.14. The summed E-state index contributed by atoms with van der Waals surface area (Å²) in [6.07, 6.45) is 2.15. The van der Waals surface area contributed by atoms with Gasteiger partial charge >= 0.3 is 0 Å². The minimum atomic E-state index is 0.664. The topological polar surface area (TPSA) is 33.4 Å². The summed E-state index contributed by atoms with van der Waals surface area (Å²) in [4.78, 5) is 7.71. The predicted molar refractivity (Wildman–Crippen MR) is 132 cm³/mol. The number of piperidine rings is 1. The first-order chi connectivity index (χ1) is 15.5. The van der Waals surface area contributed by atoms with Crippen molar-refractivity contribution in [2.24, 2.45) is 11.8 Å². The summed E-state index contributed by atoms with van der Waals surface area (Å²) in [6.45, 7) is 11.1. The molecule has 4 nitrogen and oxygen atoms in total. The van der Waals surface area contributed by atoms with E-state index in [0.717, 1.165) is 42.1 Å². The van der Waals surface area contributed by atoms with Crippen LogP contribution in [0.15, 0.2) is 60.7 Å². The summed E-state index contributed by atoms with van der Waals surface area (Å²) in [7, 11) is 0. The number of aromatic nitrogens is 3. The van der Waals surface area contributed by atoms with Crippen molar-refractivity contribution in [3.8, 4) is 11.1 Å². The molecule has 3 heterocycles. The SMILES string of the molecule is Cc1nc2c(-c3ccccc3)c(C)nn2c(N2C[C@@H](C)C[C@H](C)C2)c1Cc1ccccc1. The van der Waals surface area contributed by atoms with Crippen LogP contribution in [0.1, 0.15) is 42.8 Å². The second-order valence-corrected chi connectivity index (χ2v) is 9.57. The fourth-order valence-electron chi connectivity index (χ4n) is 5.39. The van der Waals surface area contributed by atoms with Crippen LogP contribution in [0, 0.1) is 25.7 Å². The molecule has 1 fully saturated rings. The minimum absolute atomic E-state index is 0.664. The third kappa shape index (κ3) is 3.79. The molecule has 0 aliphatic carbocycles. The van der Waals surface area contributed by atoms with Crippen molar-refractivity contribution in [3.63, 3.8) is 0 Å². The average molecular weight is 425 g/mol. The fourth-order valence-corrected chi connectivity index (χ4v) is 5.39. The van der Waals surface area contributed by atoms with E-state index >= 15 is 0 Å². The smallest absolute Gasteiger partial charge is 0.165 e. The van der Waals surface area contributed by atoms with E-state index in [1.807, 2.05) is 0 Å². The molecule has 0 bridgehead atoms. The maximum absolute atomic E-state index is 5.14. The van der Waals surface area contributed by atoms with Crippen molar-refractivity contribution in [2.75, 3.05) is 18.0 Å². The number of hydrogen-bond acceptors (Lipinski definition) is 3. The van der Waals surface area contributed by atoms with E-state index in [9.17, 15) is 0 Å². The number of anilines is 1. The Balaban J connectivity index is 1.75. The highest BCUT2D eigenvalue weighted by atomic mass is 15.4. The number of fused-ring (bicyclic) bond motifs is 1. The van der Waals surface area contributed by atoms with Gasteiger partial charge in [0.25, 0.3) is 0 Å². The van der Waals surface area contributed by atoms with Crippen LogP contribution in [0.25, 0.3) is 16.8 Å². The lowest BCUT2D eigenvalue weighted by molar-refractivity contribution is 0.353. The van der Waals surface area contributed by atoms with Crippen LogP contribution in [0.4, 0.5) is 5.82 Å². The third-order valence-corrected chi connectivity index (χ3v) is 6.67. The molecule has 2 aromatic heterocycles. The van der Waals surface area contributed by atoms with E-state index in [0.29, 0.717) is 11.8 Å². The molecule has 0 unspecified atom stereocenters. The van der Waals surface area contributed by atoms with Crippen molar-refractivity contribution in [2.45, 2.75) is 40.5 Å². The lowest BCUT2D eigenvalue weighted by Gasteiger charge is -2.37. The molecule has 2 atom stereocenters. The average Bonchev–Trinajstić information content (AvgIpc) is 3.10. The van der Waals surface area contributed by atoms with Gasteiger partial charge < -0.3 is 4.90 Å². The van der Waals surface area contributed by atoms with E-state index in [1.54, 1.807) is 0 Å². The van der Waals surface area contributed by atoms with Gasteiger partial charge in [-0.05, 0) is 43.2 Å². The molecule has 0 radical (unpaired) electrons. The molecular weight excluding hydrogens is 392 g/mol. The Labute approximate surface area is 190 Å². The molecule has 1 aliphatic rings. The van der Waals surface area contributed by atoms with Crippen LogP contribution in [-0.2, 0) is 6.42 Å². The molecule has 0 N–H and O–H groups in total. The maximum atomic E-state index is 5.14. The molecule has 32 heavy (non-hydrogen) atoms. The quantitative estimate of drug-likeness (QED) is 0.398. The molecule has 1 saturated heterocycles. The standard InChI is InChI=1S/C28H32N4/c1-19-15-20(2)18-31(17-19)28-25(16-23-11-7-5-8-12-23)21(3)29-27-26(22(4)30-32(27)28)24-13-9-6-10-14-24/h5-14,19-20H,15-18H2,1-4H3/t19-,20-/m0/s1. The number of rotatable bonds is 4. The molecule has 2 aromatic carbocycles. The first-order valence-corrected chi connectivity index (χ1v) is 11.7. The van der Waals surface area contributed by atoms with Gasteiger partial charge in [-0.3, -0.25) is 0 Å². The fraction of sp³-hybridized carbons (Fsp3) is 0.357. The second kappa shape index (κ2) is 8.42. The summed E-state index contributed by atoms with van der Waals surface area (Å²) in [5.41, 5.74) is 7.99. The van der Waals surface area contributed by atoms with Crippen LogP contribution in [0.3, 0.4) is 0 Å². The Morgan fingerprint density at radius 1 is 0.844 bits per heavy atom. The molecule has 5 rings (SSSR count). The van der Waals surface area contributed by atoms with Gasteiger partial charge in [0.05, 0.1) is 5.69 Å². The van der Waals surface area contributed by atoms with Gasteiger partial charge in [-0.15, -0.1) is 0 Å². The molecule has 0 saturated carbocycles. The first kappa shape index (κ1) is 20.7. The molecular formula is C28H32N4. The van der Waals surface area contributed by atoms with Gasteiger partial charge in [-0.25, -0.2) is 4.98 Å². The van der Waals surface area contributed by atoms with Gasteiger partial charge in [0.15, 0.2) is 5.65 Å². The predicted octanol–water partition coefficient (Wildman–Crippen LogP) is 6.09. The summed E-state index contributed by atoms with van der Waals surface area (Å²) in [5, 5.41) is 5.07. The highest BCUT2D eigenvalue weighted by Gasteiger charge is 2.28. The van der Waals surface area contributed by atoms with Crippen LogP contribution >= 0.6 is 0 Å². The number of nitrogens with zero attached hydrogens (tertiary/aromatic N) is 4. The molecule has 4 aromatic rings. The van der Waals surface area contributed by atoms with Crippen LogP contribution in [-0.4, -0.2) is 27.7 Å².